The summed E-state index contributed by atoms with van der Waals surface area (Å²) in [6.07, 6.45) is 0.509. The van der Waals surface area contributed by atoms with Crippen LogP contribution >= 0.6 is 0 Å². The molecular formula is C21H26F3NO2. The van der Waals surface area contributed by atoms with E-state index in [0.29, 0.717) is 25.2 Å². The quantitative estimate of drug-likeness (QED) is 0.859. The number of nitrogens with zero attached hydrogens (tertiary/aromatic N) is 1. The molecule has 0 bridgehead atoms. The van der Waals surface area contributed by atoms with Gasteiger partial charge in [-0.2, -0.15) is 13.2 Å². The van der Waals surface area contributed by atoms with Crippen LogP contribution in [-0.4, -0.2) is 34.6 Å². The van der Waals surface area contributed by atoms with Gasteiger partial charge in [0, 0.05) is 24.4 Å². The third-order valence-electron chi connectivity index (χ3n) is 6.67. The van der Waals surface area contributed by atoms with Crippen LogP contribution in [0.2, 0.25) is 0 Å². The van der Waals surface area contributed by atoms with Crippen molar-refractivity contribution in [3.63, 3.8) is 0 Å². The molecule has 1 aromatic carbocycles. The summed E-state index contributed by atoms with van der Waals surface area (Å²) in [5, 5.41) is 9.81. The summed E-state index contributed by atoms with van der Waals surface area (Å²) < 4.78 is 38.6. The molecule has 27 heavy (non-hydrogen) atoms. The van der Waals surface area contributed by atoms with Crippen molar-refractivity contribution in [2.45, 2.75) is 57.2 Å². The molecule has 0 aromatic heterocycles. The zero-order valence-electron chi connectivity index (χ0n) is 15.6. The van der Waals surface area contributed by atoms with Gasteiger partial charge in [0.15, 0.2) is 0 Å². The molecule has 4 rings (SSSR count). The Hall–Kier alpha value is -1.56. The maximum atomic E-state index is 12.9. The lowest BCUT2D eigenvalue weighted by molar-refractivity contribution is -0.161. The predicted molar refractivity (Wildman–Crippen MR) is 94.8 cm³/mol. The number of amides is 1. The second kappa shape index (κ2) is 6.23. The summed E-state index contributed by atoms with van der Waals surface area (Å²) in [6, 6.07) is 5.65. The maximum absolute atomic E-state index is 12.9. The van der Waals surface area contributed by atoms with E-state index in [2.05, 4.69) is 0 Å². The van der Waals surface area contributed by atoms with Crippen LogP contribution in [-0.2, 0) is 17.4 Å². The number of hydrogen-bond donors (Lipinski definition) is 1. The topological polar surface area (TPSA) is 40.5 Å². The minimum Gasteiger partial charge on any atom is -0.390 e. The van der Waals surface area contributed by atoms with Crippen LogP contribution in [0.5, 0.6) is 0 Å². The Morgan fingerprint density at radius 1 is 1.26 bits per heavy atom. The fraction of sp³-hybridized carbons (Fsp3) is 0.667. The van der Waals surface area contributed by atoms with Gasteiger partial charge in [0.1, 0.15) is 0 Å². The minimum atomic E-state index is -4.30. The van der Waals surface area contributed by atoms with Crippen molar-refractivity contribution in [1.29, 1.82) is 0 Å². The second-order valence-electron chi connectivity index (χ2n) is 9.31. The molecule has 1 heterocycles. The zero-order valence-corrected chi connectivity index (χ0v) is 15.6. The van der Waals surface area contributed by atoms with Crippen LogP contribution < -0.4 is 0 Å². The average molecular weight is 381 g/mol. The van der Waals surface area contributed by atoms with E-state index in [1.54, 1.807) is 13.0 Å². The highest BCUT2D eigenvalue weighted by Gasteiger charge is 2.52. The first-order valence-corrected chi connectivity index (χ1v) is 9.73. The Balaban J connectivity index is 1.30. The first-order chi connectivity index (χ1) is 12.6. The molecule has 3 aliphatic rings. The lowest BCUT2D eigenvalue weighted by Gasteiger charge is -2.52. The van der Waals surface area contributed by atoms with E-state index in [1.807, 2.05) is 4.90 Å². The molecule has 3 nitrogen and oxygen atoms in total. The SMILES string of the molecule is C[C@]1(O)C[C@@H](C(=O)N2CC3(CCC(Cc4cccc(C(F)(F)F)c4)C3)C2)C1. The molecule has 1 unspecified atom stereocenters. The number of carbonyl (C=O) groups is 1. The van der Waals surface area contributed by atoms with E-state index in [1.165, 1.54) is 12.1 Å². The Labute approximate surface area is 157 Å². The van der Waals surface area contributed by atoms with Crippen molar-refractivity contribution in [2.24, 2.45) is 17.3 Å². The third-order valence-corrected chi connectivity index (χ3v) is 6.67. The zero-order chi connectivity index (χ0) is 19.4. The normalized spacial score (nSPS) is 32.3. The first-order valence-electron chi connectivity index (χ1n) is 9.73. The van der Waals surface area contributed by atoms with Crippen LogP contribution in [0, 0.1) is 17.3 Å². The highest BCUT2D eigenvalue weighted by Crippen LogP contribution is 2.50. The molecule has 1 atom stereocenters. The summed E-state index contributed by atoms with van der Waals surface area (Å²) >= 11 is 0. The van der Waals surface area contributed by atoms with E-state index in [0.717, 1.165) is 44.0 Å². The molecule has 1 aromatic rings. The number of benzene rings is 1. The van der Waals surface area contributed by atoms with Crippen LogP contribution in [0.4, 0.5) is 13.2 Å². The molecule has 148 valence electrons. The molecule has 3 fully saturated rings. The van der Waals surface area contributed by atoms with Crippen LogP contribution in [0.1, 0.15) is 50.2 Å². The number of alkyl halides is 3. The van der Waals surface area contributed by atoms with Crippen molar-refractivity contribution in [3.05, 3.63) is 35.4 Å². The van der Waals surface area contributed by atoms with Gasteiger partial charge in [-0.3, -0.25) is 4.79 Å². The molecule has 1 N–H and O–H groups in total. The Morgan fingerprint density at radius 3 is 2.59 bits per heavy atom. The van der Waals surface area contributed by atoms with Crippen LogP contribution in [0.25, 0.3) is 0 Å². The molecule has 0 radical (unpaired) electrons. The summed E-state index contributed by atoms with van der Waals surface area (Å²) in [7, 11) is 0. The molecule has 1 amide bonds. The monoisotopic (exact) mass is 381 g/mol. The van der Waals surface area contributed by atoms with Gasteiger partial charge >= 0.3 is 6.18 Å². The van der Waals surface area contributed by atoms with E-state index in [4.69, 9.17) is 0 Å². The van der Waals surface area contributed by atoms with E-state index in [-0.39, 0.29) is 17.2 Å². The smallest absolute Gasteiger partial charge is 0.390 e. The van der Waals surface area contributed by atoms with Crippen molar-refractivity contribution in [3.8, 4) is 0 Å². The summed E-state index contributed by atoms with van der Waals surface area (Å²) in [5.74, 6) is 0.503. The van der Waals surface area contributed by atoms with E-state index >= 15 is 0 Å². The van der Waals surface area contributed by atoms with Crippen LogP contribution in [0.3, 0.4) is 0 Å². The standard InChI is InChI=1S/C21H26F3NO2/c1-19(27)10-16(11-19)18(26)25-12-20(13-25)6-5-15(9-20)7-14-3-2-4-17(8-14)21(22,23)24/h2-4,8,15-16,27H,5-7,9-13H2,1H3/t15?,16-,19+. The fourth-order valence-electron chi connectivity index (χ4n) is 5.35. The minimum absolute atomic E-state index is 0.0420. The van der Waals surface area contributed by atoms with Gasteiger partial charge in [0.2, 0.25) is 5.91 Å². The highest BCUT2D eigenvalue weighted by molar-refractivity contribution is 5.81. The molecule has 6 heteroatoms. The Bertz CT molecular complexity index is 729. The number of likely N-dealkylation sites (tertiary alicyclic amines) is 1. The molecule has 2 aliphatic carbocycles. The molecule has 1 saturated heterocycles. The first kappa shape index (κ1) is 18.8. The van der Waals surface area contributed by atoms with Gasteiger partial charge in [-0.05, 0) is 63.0 Å². The Kier molecular flexibility index (Phi) is 4.33. The average Bonchev–Trinajstić information content (AvgIpc) is 2.94. The fourth-order valence-corrected chi connectivity index (χ4v) is 5.35. The molecular weight excluding hydrogens is 355 g/mol. The van der Waals surface area contributed by atoms with Gasteiger partial charge in [-0.15, -0.1) is 0 Å². The van der Waals surface area contributed by atoms with Crippen LogP contribution in [0.15, 0.2) is 24.3 Å². The lowest BCUT2D eigenvalue weighted by Crippen LogP contribution is -2.61. The molecule has 1 spiro atoms. The predicted octanol–water partition coefficient (Wildman–Crippen LogP) is 4.04. The number of carbonyl (C=O) groups excluding carboxylic acids is 1. The lowest BCUT2D eigenvalue weighted by atomic mass is 9.69. The second-order valence-corrected chi connectivity index (χ2v) is 9.31. The number of halogens is 3. The van der Waals surface area contributed by atoms with Crippen molar-refractivity contribution in [1.82, 2.24) is 4.90 Å². The van der Waals surface area contributed by atoms with Gasteiger partial charge < -0.3 is 10.0 Å². The maximum Gasteiger partial charge on any atom is 0.416 e. The van der Waals surface area contributed by atoms with Crippen molar-refractivity contribution in [2.75, 3.05) is 13.1 Å². The Morgan fingerprint density at radius 2 is 1.96 bits per heavy atom. The van der Waals surface area contributed by atoms with Gasteiger partial charge in [0.25, 0.3) is 0 Å². The molecule has 2 saturated carbocycles. The largest absolute Gasteiger partial charge is 0.416 e. The molecule has 1 aliphatic heterocycles. The van der Waals surface area contributed by atoms with Crippen molar-refractivity contribution < 1.29 is 23.1 Å². The summed E-state index contributed by atoms with van der Waals surface area (Å²) in [5.41, 5.74) is -0.360. The van der Waals surface area contributed by atoms with E-state index in [9.17, 15) is 23.1 Å². The van der Waals surface area contributed by atoms with E-state index < -0.39 is 17.3 Å². The third kappa shape index (κ3) is 3.73. The summed E-state index contributed by atoms with van der Waals surface area (Å²) in [6.45, 7) is 3.30. The van der Waals surface area contributed by atoms with Crippen molar-refractivity contribution >= 4 is 5.91 Å². The van der Waals surface area contributed by atoms with Gasteiger partial charge in [-0.1, -0.05) is 18.2 Å². The highest BCUT2D eigenvalue weighted by atomic mass is 19.4. The van der Waals surface area contributed by atoms with Gasteiger partial charge in [-0.25, -0.2) is 0 Å². The summed E-state index contributed by atoms with van der Waals surface area (Å²) in [4.78, 5) is 14.4. The van der Waals surface area contributed by atoms with Gasteiger partial charge in [0.05, 0.1) is 11.2 Å². The number of hydrogen-bond acceptors (Lipinski definition) is 2. The number of rotatable bonds is 3. The number of aliphatic hydroxyl groups is 1.